The molecular formula is C32H38FN3O5S. The van der Waals surface area contributed by atoms with Crippen LogP contribution in [0.5, 0.6) is 5.75 Å². The van der Waals surface area contributed by atoms with Crippen molar-refractivity contribution in [1.82, 2.24) is 10.2 Å². The molecule has 0 radical (unpaired) electrons. The van der Waals surface area contributed by atoms with E-state index in [-0.39, 0.29) is 29.1 Å². The van der Waals surface area contributed by atoms with E-state index in [9.17, 15) is 22.4 Å². The SMILES string of the molecule is COc1cccc(CN(C(=O)CN(c2ccc(C)cc2)S(=O)(=O)c2ccc(F)cc2)C(C)C(=O)NC2CCCCC2)c1. The molecule has 0 aliphatic heterocycles. The molecule has 8 nitrogen and oxygen atoms in total. The van der Waals surface area contributed by atoms with Gasteiger partial charge in [-0.3, -0.25) is 13.9 Å². The molecule has 1 atom stereocenters. The maximum atomic E-state index is 14.1. The molecule has 1 aliphatic carbocycles. The van der Waals surface area contributed by atoms with Crippen LogP contribution in [0.2, 0.25) is 0 Å². The lowest BCUT2D eigenvalue weighted by atomic mass is 9.95. The van der Waals surface area contributed by atoms with Gasteiger partial charge < -0.3 is 15.0 Å². The molecule has 0 spiro atoms. The fraction of sp³-hybridized carbons (Fsp3) is 0.375. The van der Waals surface area contributed by atoms with Crippen molar-refractivity contribution in [2.24, 2.45) is 0 Å². The van der Waals surface area contributed by atoms with Crippen LogP contribution in [0.1, 0.15) is 50.2 Å². The first-order valence-corrected chi connectivity index (χ1v) is 15.6. The van der Waals surface area contributed by atoms with Gasteiger partial charge in [-0.15, -0.1) is 0 Å². The lowest BCUT2D eigenvalue weighted by Crippen LogP contribution is -2.53. The Morgan fingerprint density at radius 3 is 2.31 bits per heavy atom. The topological polar surface area (TPSA) is 96.0 Å². The van der Waals surface area contributed by atoms with Gasteiger partial charge in [0.05, 0.1) is 17.7 Å². The minimum absolute atomic E-state index is 0.0467. The summed E-state index contributed by atoms with van der Waals surface area (Å²) in [6, 6.07) is 17.6. The van der Waals surface area contributed by atoms with E-state index in [0.29, 0.717) is 5.75 Å². The maximum Gasteiger partial charge on any atom is 0.264 e. The van der Waals surface area contributed by atoms with Gasteiger partial charge in [-0.1, -0.05) is 49.1 Å². The second-order valence-corrected chi connectivity index (χ2v) is 12.6. The summed E-state index contributed by atoms with van der Waals surface area (Å²) < 4.78 is 47.7. The molecule has 4 rings (SSSR count). The van der Waals surface area contributed by atoms with E-state index >= 15 is 0 Å². The van der Waals surface area contributed by atoms with Crippen LogP contribution in [-0.4, -0.2) is 50.9 Å². The number of amides is 2. The molecule has 1 N–H and O–H groups in total. The molecule has 2 amide bonds. The average molecular weight is 596 g/mol. The van der Waals surface area contributed by atoms with Gasteiger partial charge in [-0.05, 0) is 80.8 Å². The molecule has 0 heterocycles. The first-order chi connectivity index (χ1) is 20.1. The third-order valence-corrected chi connectivity index (χ3v) is 9.40. The van der Waals surface area contributed by atoms with Crippen LogP contribution < -0.4 is 14.4 Å². The van der Waals surface area contributed by atoms with E-state index in [1.165, 1.54) is 17.0 Å². The molecule has 3 aromatic rings. The van der Waals surface area contributed by atoms with Gasteiger partial charge in [0.2, 0.25) is 11.8 Å². The Kier molecular flexibility index (Phi) is 10.2. The smallest absolute Gasteiger partial charge is 0.264 e. The van der Waals surface area contributed by atoms with Crippen molar-refractivity contribution in [3.8, 4) is 5.75 Å². The number of carbonyl (C=O) groups excluding carboxylic acids is 2. The number of halogens is 1. The van der Waals surface area contributed by atoms with Crippen LogP contribution in [-0.2, 0) is 26.2 Å². The highest BCUT2D eigenvalue weighted by atomic mass is 32.2. The largest absolute Gasteiger partial charge is 0.497 e. The molecule has 1 aliphatic rings. The van der Waals surface area contributed by atoms with Crippen LogP contribution in [0.3, 0.4) is 0 Å². The number of nitrogens with zero attached hydrogens (tertiary/aromatic N) is 2. The van der Waals surface area contributed by atoms with E-state index < -0.39 is 34.3 Å². The van der Waals surface area contributed by atoms with Crippen LogP contribution in [0.25, 0.3) is 0 Å². The average Bonchev–Trinajstić information content (AvgIpc) is 2.99. The van der Waals surface area contributed by atoms with Crippen molar-refractivity contribution in [1.29, 1.82) is 0 Å². The summed E-state index contributed by atoms with van der Waals surface area (Å²) in [5.41, 5.74) is 1.92. The number of nitrogens with one attached hydrogen (secondary N) is 1. The second kappa shape index (κ2) is 13.8. The third kappa shape index (κ3) is 7.67. The van der Waals surface area contributed by atoms with Crippen molar-refractivity contribution >= 4 is 27.5 Å². The van der Waals surface area contributed by atoms with Gasteiger partial charge in [0.1, 0.15) is 24.2 Å². The van der Waals surface area contributed by atoms with Crippen LogP contribution >= 0.6 is 0 Å². The molecule has 1 unspecified atom stereocenters. The first-order valence-electron chi connectivity index (χ1n) is 14.2. The number of carbonyl (C=O) groups is 2. The lowest BCUT2D eigenvalue weighted by molar-refractivity contribution is -0.139. The van der Waals surface area contributed by atoms with E-state index in [2.05, 4.69) is 5.32 Å². The second-order valence-electron chi connectivity index (χ2n) is 10.7. The highest BCUT2D eigenvalue weighted by Gasteiger charge is 2.33. The summed E-state index contributed by atoms with van der Waals surface area (Å²) in [7, 11) is -2.72. The Morgan fingerprint density at radius 1 is 1.00 bits per heavy atom. The minimum atomic E-state index is -4.27. The van der Waals surface area contributed by atoms with E-state index in [0.717, 1.165) is 59.7 Å². The molecule has 0 saturated heterocycles. The Balaban J connectivity index is 1.68. The van der Waals surface area contributed by atoms with Crippen molar-refractivity contribution in [2.75, 3.05) is 18.0 Å². The number of aryl methyl sites for hydroxylation is 1. The number of anilines is 1. The Bertz CT molecular complexity index is 1470. The number of hydrogen-bond donors (Lipinski definition) is 1. The van der Waals surface area contributed by atoms with Crippen LogP contribution in [0.4, 0.5) is 10.1 Å². The molecule has 42 heavy (non-hydrogen) atoms. The fourth-order valence-corrected chi connectivity index (χ4v) is 6.51. The zero-order valence-corrected chi connectivity index (χ0v) is 25.1. The third-order valence-electron chi connectivity index (χ3n) is 7.61. The monoisotopic (exact) mass is 595 g/mol. The van der Waals surface area contributed by atoms with Crippen molar-refractivity contribution in [3.05, 3.63) is 89.7 Å². The van der Waals surface area contributed by atoms with Crippen LogP contribution in [0, 0.1) is 12.7 Å². The van der Waals surface area contributed by atoms with E-state index in [1.807, 2.05) is 13.0 Å². The normalized spacial score (nSPS) is 14.6. The maximum absolute atomic E-state index is 14.1. The van der Waals surface area contributed by atoms with Gasteiger partial charge in [0.15, 0.2) is 0 Å². The molecule has 1 saturated carbocycles. The molecule has 3 aromatic carbocycles. The van der Waals surface area contributed by atoms with E-state index in [4.69, 9.17) is 4.74 Å². The highest BCUT2D eigenvalue weighted by Crippen LogP contribution is 2.26. The number of hydrogen-bond acceptors (Lipinski definition) is 5. The van der Waals surface area contributed by atoms with E-state index in [1.54, 1.807) is 56.5 Å². The summed E-state index contributed by atoms with van der Waals surface area (Å²) >= 11 is 0. The van der Waals surface area contributed by atoms with Crippen molar-refractivity contribution in [2.45, 2.75) is 69.5 Å². The fourth-order valence-electron chi connectivity index (χ4n) is 5.09. The van der Waals surface area contributed by atoms with Crippen molar-refractivity contribution in [3.63, 3.8) is 0 Å². The van der Waals surface area contributed by atoms with Gasteiger partial charge in [-0.2, -0.15) is 0 Å². The predicted octanol–water partition coefficient (Wildman–Crippen LogP) is 5.20. The number of ether oxygens (including phenoxy) is 1. The van der Waals surface area contributed by atoms with Crippen LogP contribution in [0.15, 0.2) is 77.7 Å². The Labute approximate surface area is 247 Å². The summed E-state index contributed by atoms with van der Waals surface area (Å²) in [5.74, 6) is -0.828. The Hall–Kier alpha value is -3.92. The summed E-state index contributed by atoms with van der Waals surface area (Å²) in [5, 5.41) is 3.09. The number of methoxy groups -OCH3 is 1. The lowest BCUT2D eigenvalue weighted by Gasteiger charge is -2.33. The number of benzene rings is 3. The highest BCUT2D eigenvalue weighted by molar-refractivity contribution is 7.92. The summed E-state index contributed by atoms with van der Waals surface area (Å²) in [6.07, 6.45) is 5.00. The zero-order chi connectivity index (χ0) is 30.3. The number of sulfonamides is 1. The number of rotatable bonds is 11. The van der Waals surface area contributed by atoms with Gasteiger partial charge >= 0.3 is 0 Å². The standard InChI is InChI=1S/C32H38FN3O5S/c1-23-12-16-28(17-13-23)36(42(39,40)30-18-14-26(33)15-19-30)22-31(37)35(21-25-8-7-11-29(20-25)41-3)24(2)32(38)34-27-9-5-4-6-10-27/h7-8,11-20,24,27H,4-6,9-10,21-22H2,1-3H3,(H,34,38). The summed E-state index contributed by atoms with van der Waals surface area (Å²) in [6.45, 7) is 3.03. The van der Waals surface area contributed by atoms with Crippen molar-refractivity contribution < 1.29 is 27.1 Å². The summed E-state index contributed by atoms with van der Waals surface area (Å²) in [4.78, 5) is 28.7. The Morgan fingerprint density at radius 2 is 1.67 bits per heavy atom. The van der Waals surface area contributed by atoms with Gasteiger partial charge in [0.25, 0.3) is 10.0 Å². The van der Waals surface area contributed by atoms with Gasteiger partial charge in [0, 0.05) is 12.6 Å². The first kappa shape index (κ1) is 31.0. The molecule has 1 fully saturated rings. The molecule has 10 heteroatoms. The molecular weight excluding hydrogens is 557 g/mol. The molecule has 0 aromatic heterocycles. The van der Waals surface area contributed by atoms with Gasteiger partial charge in [-0.25, -0.2) is 12.8 Å². The zero-order valence-electron chi connectivity index (χ0n) is 24.3. The molecule has 0 bridgehead atoms. The minimum Gasteiger partial charge on any atom is -0.497 e. The quantitative estimate of drug-likeness (QED) is 0.329. The molecule has 224 valence electrons. The predicted molar refractivity (Wildman–Crippen MR) is 160 cm³/mol.